The fourth-order valence-electron chi connectivity index (χ4n) is 2.80. The van der Waals surface area contributed by atoms with Crippen LogP contribution in [0.5, 0.6) is 0 Å². The van der Waals surface area contributed by atoms with E-state index in [2.05, 4.69) is 10.1 Å². The van der Waals surface area contributed by atoms with Gasteiger partial charge in [-0.15, -0.1) is 0 Å². The highest BCUT2D eigenvalue weighted by Crippen LogP contribution is 2.16. The van der Waals surface area contributed by atoms with Crippen LogP contribution < -0.4 is 5.32 Å². The molecule has 1 N–H and O–H groups in total. The number of alkyl carbamates (subject to hydrolysis) is 1. The molecule has 1 aromatic carbocycles. The number of hydrogen-bond acceptors (Lipinski definition) is 5. The maximum absolute atomic E-state index is 14.2. The molecule has 0 heterocycles. The maximum atomic E-state index is 14.2. The van der Waals surface area contributed by atoms with Crippen LogP contribution in [0, 0.1) is 18.7 Å². The molecule has 0 radical (unpaired) electrons. The summed E-state index contributed by atoms with van der Waals surface area (Å²) in [6.45, 7) is 9.44. The normalized spacial score (nSPS) is 12.1. The Morgan fingerprint density at radius 2 is 1.90 bits per heavy atom. The lowest BCUT2D eigenvalue weighted by molar-refractivity contribution is -0.146. The molecule has 0 unspecified atom stereocenters. The van der Waals surface area contributed by atoms with Crippen LogP contribution in [-0.4, -0.2) is 48.7 Å². The molecule has 2 amide bonds. The first kappa shape index (κ1) is 25.4. The average molecular weight is 425 g/mol. The van der Waals surface area contributed by atoms with E-state index in [9.17, 15) is 18.8 Å². The molecule has 168 valence electrons. The predicted octanol–water partition coefficient (Wildman–Crippen LogP) is 3.58. The summed E-state index contributed by atoms with van der Waals surface area (Å²) < 4.78 is 24.0. The third-order valence-corrected chi connectivity index (χ3v) is 4.27. The van der Waals surface area contributed by atoms with E-state index in [-0.39, 0.29) is 25.4 Å². The first-order valence-corrected chi connectivity index (χ1v) is 10.0. The molecule has 1 aromatic rings. The number of ether oxygens (including phenoxy) is 2. The first-order chi connectivity index (χ1) is 13.9. The van der Waals surface area contributed by atoms with Crippen LogP contribution in [0.2, 0.25) is 0 Å². The molecule has 0 aliphatic heterocycles. The van der Waals surface area contributed by atoms with Gasteiger partial charge in [0.15, 0.2) is 0 Å². The van der Waals surface area contributed by atoms with Crippen LogP contribution in [0.4, 0.5) is 9.18 Å². The van der Waals surface area contributed by atoms with Gasteiger partial charge in [0, 0.05) is 31.1 Å². The first-order valence-electron chi connectivity index (χ1n) is 10.0. The number of carbonyl (C=O) groups is 3. The predicted molar refractivity (Wildman–Crippen MR) is 111 cm³/mol. The van der Waals surface area contributed by atoms with E-state index in [1.54, 1.807) is 39.8 Å². The lowest BCUT2D eigenvalue weighted by Gasteiger charge is -2.26. The van der Waals surface area contributed by atoms with E-state index >= 15 is 0 Å². The van der Waals surface area contributed by atoms with E-state index in [4.69, 9.17) is 4.74 Å². The molecule has 30 heavy (non-hydrogen) atoms. The number of halogens is 1. The van der Waals surface area contributed by atoms with Gasteiger partial charge in [-0.25, -0.2) is 9.18 Å². The number of carbonyl (C=O) groups excluding carboxylic acids is 3. The number of nitrogens with zero attached hydrogens (tertiary/aromatic N) is 1. The summed E-state index contributed by atoms with van der Waals surface area (Å²) in [5, 5.41) is 2.64. The molecule has 1 rings (SSSR count). The standard InChI is InChI=1S/C22H33FN2O5/c1-15-8-9-18(23)17(12-15)14-25(20(27)16(2)13-19(26)29-6)11-7-10-24-21(28)30-22(3,4)5/h8-9,12,16H,7,10-11,13-14H2,1-6H3,(H,24,28)/t16-/m1/s1. The van der Waals surface area contributed by atoms with E-state index in [1.165, 1.54) is 18.1 Å². The Kier molecular flexibility index (Phi) is 9.75. The van der Waals surface area contributed by atoms with Crippen molar-refractivity contribution in [1.29, 1.82) is 0 Å². The highest BCUT2D eigenvalue weighted by atomic mass is 19.1. The third-order valence-electron chi connectivity index (χ3n) is 4.27. The zero-order chi connectivity index (χ0) is 22.9. The number of rotatable bonds is 9. The molecule has 0 saturated carbocycles. The Morgan fingerprint density at radius 3 is 2.50 bits per heavy atom. The van der Waals surface area contributed by atoms with Crippen molar-refractivity contribution in [2.75, 3.05) is 20.2 Å². The van der Waals surface area contributed by atoms with Crippen LogP contribution in [0.25, 0.3) is 0 Å². The van der Waals surface area contributed by atoms with Crippen LogP contribution in [0.3, 0.4) is 0 Å². The number of aryl methyl sites for hydroxylation is 1. The number of benzene rings is 1. The number of nitrogens with one attached hydrogen (secondary N) is 1. The topological polar surface area (TPSA) is 84.9 Å². The van der Waals surface area contributed by atoms with Crippen molar-refractivity contribution in [1.82, 2.24) is 10.2 Å². The number of amides is 2. The maximum Gasteiger partial charge on any atom is 0.407 e. The molecule has 0 fully saturated rings. The fraction of sp³-hybridized carbons (Fsp3) is 0.591. The van der Waals surface area contributed by atoms with Crippen LogP contribution in [-0.2, 0) is 25.6 Å². The minimum Gasteiger partial charge on any atom is -0.469 e. The van der Waals surface area contributed by atoms with Crippen molar-refractivity contribution in [3.05, 3.63) is 35.1 Å². The zero-order valence-corrected chi connectivity index (χ0v) is 18.7. The summed E-state index contributed by atoms with van der Waals surface area (Å²) in [6, 6.07) is 4.73. The highest BCUT2D eigenvalue weighted by molar-refractivity contribution is 5.83. The summed E-state index contributed by atoms with van der Waals surface area (Å²) in [5.41, 5.74) is 0.680. The van der Waals surface area contributed by atoms with Gasteiger partial charge in [-0.05, 0) is 40.2 Å². The van der Waals surface area contributed by atoms with Crippen LogP contribution in [0.1, 0.15) is 51.7 Å². The Hall–Kier alpha value is -2.64. The van der Waals surface area contributed by atoms with Crippen LogP contribution >= 0.6 is 0 Å². The average Bonchev–Trinajstić information content (AvgIpc) is 2.64. The van der Waals surface area contributed by atoms with Crippen molar-refractivity contribution >= 4 is 18.0 Å². The summed E-state index contributed by atoms with van der Waals surface area (Å²) in [5.74, 6) is -1.77. The van der Waals surface area contributed by atoms with Gasteiger partial charge in [0.2, 0.25) is 5.91 Å². The van der Waals surface area contributed by atoms with Gasteiger partial charge in [0.1, 0.15) is 11.4 Å². The molecular formula is C22H33FN2O5. The Morgan fingerprint density at radius 1 is 1.23 bits per heavy atom. The van der Waals surface area contributed by atoms with Crippen molar-refractivity contribution in [3.8, 4) is 0 Å². The molecule has 0 bridgehead atoms. The SMILES string of the molecule is COC(=O)C[C@@H](C)C(=O)N(CCCNC(=O)OC(C)(C)C)Cc1cc(C)ccc1F. The van der Waals surface area contributed by atoms with Crippen molar-refractivity contribution in [3.63, 3.8) is 0 Å². The summed E-state index contributed by atoms with van der Waals surface area (Å²) in [6.07, 6.45) is -0.147. The van der Waals surface area contributed by atoms with E-state index in [0.29, 0.717) is 18.5 Å². The molecule has 0 aromatic heterocycles. The Bertz CT molecular complexity index is 746. The molecular weight excluding hydrogens is 391 g/mol. The summed E-state index contributed by atoms with van der Waals surface area (Å²) in [7, 11) is 1.27. The Balaban J connectivity index is 2.79. The van der Waals surface area contributed by atoms with Gasteiger partial charge < -0.3 is 19.7 Å². The molecule has 0 spiro atoms. The van der Waals surface area contributed by atoms with Gasteiger partial charge in [-0.3, -0.25) is 9.59 Å². The van der Waals surface area contributed by atoms with E-state index < -0.39 is 29.4 Å². The summed E-state index contributed by atoms with van der Waals surface area (Å²) in [4.78, 5) is 37.7. The van der Waals surface area contributed by atoms with Crippen molar-refractivity contribution in [2.24, 2.45) is 5.92 Å². The lowest BCUT2D eigenvalue weighted by atomic mass is 10.0. The van der Waals surface area contributed by atoms with Gasteiger partial charge in [-0.1, -0.05) is 24.6 Å². The molecule has 8 heteroatoms. The molecule has 7 nitrogen and oxygen atoms in total. The summed E-state index contributed by atoms with van der Waals surface area (Å²) >= 11 is 0. The quantitative estimate of drug-likeness (QED) is 0.484. The van der Waals surface area contributed by atoms with E-state index in [0.717, 1.165) is 5.56 Å². The van der Waals surface area contributed by atoms with Crippen molar-refractivity contribution < 1.29 is 28.2 Å². The second-order valence-corrected chi connectivity index (χ2v) is 8.32. The minimum absolute atomic E-state index is 0.0573. The van der Waals surface area contributed by atoms with Gasteiger partial charge in [0.05, 0.1) is 13.5 Å². The molecule has 0 saturated heterocycles. The second-order valence-electron chi connectivity index (χ2n) is 8.32. The van der Waals surface area contributed by atoms with Gasteiger partial charge >= 0.3 is 12.1 Å². The Labute approximate surface area is 177 Å². The highest BCUT2D eigenvalue weighted by Gasteiger charge is 2.24. The largest absolute Gasteiger partial charge is 0.469 e. The van der Waals surface area contributed by atoms with Crippen molar-refractivity contribution in [2.45, 2.75) is 59.6 Å². The molecule has 1 atom stereocenters. The second kappa shape index (κ2) is 11.5. The number of esters is 1. The number of hydrogen-bond donors (Lipinski definition) is 1. The minimum atomic E-state index is -0.607. The zero-order valence-electron chi connectivity index (χ0n) is 18.7. The molecule has 0 aliphatic rings. The van der Waals surface area contributed by atoms with Crippen LogP contribution in [0.15, 0.2) is 18.2 Å². The number of methoxy groups -OCH3 is 1. The molecule has 0 aliphatic carbocycles. The third kappa shape index (κ3) is 9.24. The van der Waals surface area contributed by atoms with E-state index in [1.807, 2.05) is 6.92 Å². The monoisotopic (exact) mass is 424 g/mol. The van der Waals surface area contributed by atoms with Gasteiger partial charge in [-0.2, -0.15) is 0 Å². The fourth-order valence-corrected chi connectivity index (χ4v) is 2.80. The lowest BCUT2D eigenvalue weighted by Crippen LogP contribution is -2.38. The van der Waals surface area contributed by atoms with Gasteiger partial charge in [0.25, 0.3) is 0 Å². The smallest absolute Gasteiger partial charge is 0.407 e.